The molecule has 0 atom stereocenters. The van der Waals surface area contributed by atoms with Crippen molar-refractivity contribution in [1.82, 2.24) is 5.32 Å². The maximum Gasteiger partial charge on any atom is 0.405 e. The minimum Gasteiger partial charge on any atom is -0.497 e. The minimum absolute atomic E-state index is 0.0615. The van der Waals surface area contributed by atoms with Crippen LogP contribution < -0.4 is 15.4 Å². The van der Waals surface area contributed by atoms with E-state index in [4.69, 9.17) is 4.74 Å². The van der Waals surface area contributed by atoms with Crippen LogP contribution in [-0.2, 0) is 0 Å². The molecule has 25 heavy (non-hydrogen) atoms. The van der Waals surface area contributed by atoms with Gasteiger partial charge in [0.25, 0.3) is 11.8 Å². The van der Waals surface area contributed by atoms with Gasteiger partial charge in [0.05, 0.1) is 18.4 Å². The largest absolute Gasteiger partial charge is 0.497 e. The summed E-state index contributed by atoms with van der Waals surface area (Å²) in [7, 11) is 1.49. The Morgan fingerprint density at radius 3 is 2.24 bits per heavy atom. The molecule has 2 amide bonds. The average molecular weight is 352 g/mol. The molecule has 2 aromatic carbocycles. The maximum absolute atomic E-state index is 12.2. The van der Waals surface area contributed by atoms with Crippen molar-refractivity contribution in [3.8, 4) is 5.75 Å². The third-order valence-corrected chi connectivity index (χ3v) is 3.22. The van der Waals surface area contributed by atoms with E-state index in [0.717, 1.165) is 0 Å². The van der Waals surface area contributed by atoms with Crippen LogP contribution in [0.1, 0.15) is 20.7 Å². The number of nitrogens with one attached hydrogen (secondary N) is 2. The van der Waals surface area contributed by atoms with Crippen LogP contribution in [0.15, 0.2) is 48.5 Å². The lowest BCUT2D eigenvalue weighted by molar-refractivity contribution is -0.123. The fourth-order valence-electron chi connectivity index (χ4n) is 2.00. The van der Waals surface area contributed by atoms with Crippen LogP contribution in [0.5, 0.6) is 5.75 Å². The van der Waals surface area contributed by atoms with Gasteiger partial charge in [0.2, 0.25) is 0 Å². The van der Waals surface area contributed by atoms with Gasteiger partial charge in [0.15, 0.2) is 0 Å². The first-order valence-corrected chi connectivity index (χ1v) is 7.19. The van der Waals surface area contributed by atoms with Crippen LogP contribution in [-0.4, -0.2) is 31.6 Å². The molecule has 2 N–H and O–H groups in total. The summed E-state index contributed by atoms with van der Waals surface area (Å²) >= 11 is 0. The highest BCUT2D eigenvalue weighted by atomic mass is 19.4. The number of carbonyl (C=O) groups excluding carboxylic acids is 2. The van der Waals surface area contributed by atoms with Crippen molar-refractivity contribution in [3.63, 3.8) is 0 Å². The summed E-state index contributed by atoms with van der Waals surface area (Å²) in [5.74, 6) is -0.856. The molecule has 0 heterocycles. The highest BCUT2D eigenvalue weighted by Gasteiger charge is 2.28. The van der Waals surface area contributed by atoms with Crippen LogP contribution >= 0.6 is 0 Å². The lowest BCUT2D eigenvalue weighted by Crippen LogP contribution is -2.34. The predicted octanol–water partition coefficient (Wildman–Crippen LogP) is 3.24. The first-order valence-electron chi connectivity index (χ1n) is 7.19. The molecule has 0 aliphatic heterocycles. The number of ether oxygens (including phenoxy) is 1. The number of alkyl halides is 3. The van der Waals surface area contributed by atoms with Crippen molar-refractivity contribution in [2.24, 2.45) is 0 Å². The molecule has 2 aromatic rings. The smallest absolute Gasteiger partial charge is 0.405 e. The van der Waals surface area contributed by atoms with E-state index in [1.807, 2.05) is 0 Å². The fraction of sp³-hybridized carbons (Fsp3) is 0.176. The molecule has 0 fully saturated rings. The molecule has 0 unspecified atom stereocenters. The SMILES string of the molecule is COc1ccc(C(=O)Nc2ccccc2C(=O)NCC(F)(F)F)cc1. The van der Waals surface area contributed by atoms with Gasteiger partial charge >= 0.3 is 6.18 Å². The number of methoxy groups -OCH3 is 1. The van der Waals surface area contributed by atoms with Gasteiger partial charge in [-0.2, -0.15) is 13.2 Å². The third kappa shape index (κ3) is 5.23. The van der Waals surface area contributed by atoms with Crippen LogP contribution in [0.25, 0.3) is 0 Å². The number of para-hydroxylation sites is 1. The summed E-state index contributed by atoms with van der Waals surface area (Å²) < 4.78 is 41.7. The summed E-state index contributed by atoms with van der Waals surface area (Å²) in [4.78, 5) is 24.2. The van der Waals surface area contributed by atoms with E-state index in [-0.39, 0.29) is 11.3 Å². The van der Waals surface area contributed by atoms with E-state index >= 15 is 0 Å². The zero-order valence-corrected chi connectivity index (χ0v) is 13.2. The van der Waals surface area contributed by atoms with Crippen molar-refractivity contribution in [2.75, 3.05) is 19.0 Å². The predicted molar refractivity (Wildman–Crippen MR) is 85.8 cm³/mol. The second kappa shape index (κ2) is 7.69. The van der Waals surface area contributed by atoms with Gasteiger partial charge < -0.3 is 15.4 Å². The summed E-state index contributed by atoms with van der Waals surface area (Å²) in [5.41, 5.74) is 0.364. The van der Waals surface area contributed by atoms with Gasteiger partial charge in [-0.05, 0) is 36.4 Å². The highest BCUT2D eigenvalue weighted by Crippen LogP contribution is 2.19. The van der Waals surface area contributed by atoms with E-state index in [1.165, 1.54) is 37.4 Å². The molecule has 0 spiro atoms. The monoisotopic (exact) mass is 352 g/mol. The summed E-state index contributed by atoms with van der Waals surface area (Å²) in [6.07, 6.45) is -4.52. The molecular formula is C17H15F3N2O3. The molecule has 132 valence electrons. The topological polar surface area (TPSA) is 67.4 Å². The Kier molecular flexibility index (Phi) is 5.63. The van der Waals surface area contributed by atoms with Gasteiger partial charge in [-0.3, -0.25) is 9.59 Å². The third-order valence-electron chi connectivity index (χ3n) is 3.22. The number of anilines is 1. The Balaban J connectivity index is 2.14. The van der Waals surface area contributed by atoms with Crippen LogP contribution in [0.3, 0.4) is 0 Å². The summed E-state index contributed by atoms with van der Waals surface area (Å²) in [6, 6.07) is 12.1. The van der Waals surface area contributed by atoms with Crippen LogP contribution in [0.2, 0.25) is 0 Å². The Morgan fingerprint density at radius 2 is 1.64 bits per heavy atom. The lowest BCUT2D eigenvalue weighted by Gasteiger charge is -2.12. The van der Waals surface area contributed by atoms with E-state index in [2.05, 4.69) is 5.32 Å². The molecule has 8 heteroatoms. The Morgan fingerprint density at radius 1 is 1.00 bits per heavy atom. The van der Waals surface area contributed by atoms with Crippen LogP contribution in [0, 0.1) is 0 Å². The van der Waals surface area contributed by atoms with Crippen molar-refractivity contribution < 1.29 is 27.5 Å². The van der Waals surface area contributed by atoms with E-state index in [0.29, 0.717) is 11.3 Å². The summed E-state index contributed by atoms with van der Waals surface area (Å²) in [5, 5.41) is 4.30. The van der Waals surface area contributed by atoms with Gasteiger partial charge in [0.1, 0.15) is 12.3 Å². The van der Waals surface area contributed by atoms with Crippen LogP contribution in [0.4, 0.5) is 18.9 Å². The first kappa shape index (κ1) is 18.3. The molecule has 2 rings (SSSR count). The number of hydrogen-bond acceptors (Lipinski definition) is 3. The molecule has 0 saturated carbocycles. The Hall–Kier alpha value is -3.03. The minimum atomic E-state index is -4.52. The Bertz CT molecular complexity index is 758. The molecular weight excluding hydrogens is 337 g/mol. The fourth-order valence-corrected chi connectivity index (χ4v) is 2.00. The second-order valence-corrected chi connectivity index (χ2v) is 5.03. The molecule has 0 radical (unpaired) electrons. The second-order valence-electron chi connectivity index (χ2n) is 5.03. The number of halogens is 3. The first-order chi connectivity index (χ1) is 11.8. The van der Waals surface area contributed by atoms with Crippen molar-refractivity contribution >= 4 is 17.5 Å². The van der Waals surface area contributed by atoms with Gasteiger partial charge in [0, 0.05) is 5.56 Å². The summed E-state index contributed by atoms with van der Waals surface area (Å²) in [6.45, 7) is -1.45. The zero-order chi connectivity index (χ0) is 18.4. The molecule has 0 aliphatic carbocycles. The molecule has 0 bridgehead atoms. The van der Waals surface area contributed by atoms with Crippen molar-refractivity contribution in [2.45, 2.75) is 6.18 Å². The number of benzene rings is 2. The molecule has 0 saturated heterocycles. The number of hydrogen-bond donors (Lipinski definition) is 2. The van der Waals surface area contributed by atoms with E-state index in [9.17, 15) is 22.8 Å². The number of rotatable bonds is 5. The Labute approximate surface area is 141 Å². The molecule has 0 aromatic heterocycles. The molecule has 0 aliphatic rings. The van der Waals surface area contributed by atoms with Gasteiger partial charge in [-0.15, -0.1) is 0 Å². The standard InChI is InChI=1S/C17H15F3N2O3/c1-25-12-8-6-11(7-9-12)15(23)22-14-5-3-2-4-13(14)16(24)21-10-17(18,19)20/h2-9H,10H2,1H3,(H,21,24)(H,22,23). The zero-order valence-electron chi connectivity index (χ0n) is 13.2. The van der Waals surface area contributed by atoms with E-state index in [1.54, 1.807) is 23.5 Å². The quantitative estimate of drug-likeness (QED) is 0.868. The average Bonchev–Trinajstić information content (AvgIpc) is 2.59. The normalized spacial score (nSPS) is 10.9. The van der Waals surface area contributed by atoms with Gasteiger partial charge in [-0.25, -0.2) is 0 Å². The van der Waals surface area contributed by atoms with E-state index < -0.39 is 24.5 Å². The van der Waals surface area contributed by atoms with Crippen molar-refractivity contribution in [1.29, 1.82) is 0 Å². The molecule has 5 nitrogen and oxygen atoms in total. The maximum atomic E-state index is 12.2. The highest BCUT2D eigenvalue weighted by molar-refractivity contribution is 6.09. The van der Waals surface area contributed by atoms with Gasteiger partial charge in [-0.1, -0.05) is 12.1 Å². The lowest BCUT2D eigenvalue weighted by atomic mass is 10.1. The number of carbonyl (C=O) groups is 2. The van der Waals surface area contributed by atoms with Crippen molar-refractivity contribution in [3.05, 3.63) is 59.7 Å². The number of amides is 2.